The number of aromatic hydroxyl groups is 1. The molecule has 1 aliphatic heterocycles. The van der Waals surface area contributed by atoms with Crippen LogP contribution < -0.4 is 15.0 Å². The van der Waals surface area contributed by atoms with Crippen LogP contribution in [0.1, 0.15) is 11.1 Å². The van der Waals surface area contributed by atoms with Gasteiger partial charge in [0, 0.05) is 15.1 Å². The van der Waals surface area contributed by atoms with E-state index >= 15 is 0 Å². The van der Waals surface area contributed by atoms with Crippen molar-refractivity contribution in [1.29, 1.82) is 0 Å². The zero-order chi connectivity index (χ0) is 24.4. The lowest BCUT2D eigenvalue weighted by Gasteiger charge is -2.26. The summed E-state index contributed by atoms with van der Waals surface area (Å²) in [6, 6.07) is 15.2. The largest absolute Gasteiger partial charge is 0.508 e. The van der Waals surface area contributed by atoms with Crippen LogP contribution in [0.4, 0.5) is 10.5 Å². The molecule has 0 aliphatic carbocycles. The minimum Gasteiger partial charge on any atom is -0.508 e. The van der Waals surface area contributed by atoms with E-state index in [1.807, 2.05) is 12.1 Å². The number of rotatable bonds is 5. The molecule has 4 rings (SSSR count). The molecule has 2 N–H and O–H groups in total. The van der Waals surface area contributed by atoms with Gasteiger partial charge in [-0.25, -0.2) is 9.69 Å². The molecular weight excluding hydrogens is 592 g/mol. The Hall–Kier alpha value is -3.14. The fraction of sp³-hybridized carbons (Fsp3) is 0.0417. The molecule has 3 aromatic rings. The first-order valence-electron chi connectivity index (χ1n) is 9.79. The van der Waals surface area contributed by atoms with Gasteiger partial charge in [-0.05, 0) is 76.1 Å². The van der Waals surface area contributed by atoms with Crippen molar-refractivity contribution < 1.29 is 24.2 Å². The number of ether oxygens (including phenoxy) is 1. The van der Waals surface area contributed by atoms with Crippen molar-refractivity contribution in [3.63, 3.8) is 0 Å². The van der Waals surface area contributed by atoms with Gasteiger partial charge in [-0.2, -0.15) is 0 Å². The third-order valence-electron chi connectivity index (χ3n) is 4.84. The van der Waals surface area contributed by atoms with Gasteiger partial charge in [-0.3, -0.25) is 14.9 Å². The molecule has 0 bridgehead atoms. The molecule has 0 radical (unpaired) electrons. The SMILES string of the molecule is O=C1NC(=O)N(c2ccc(O)cc2)C(=O)/C1=C/c1cc(Br)cc(Br)c1OCc1ccc(Cl)cc1. The van der Waals surface area contributed by atoms with E-state index in [2.05, 4.69) is 37.2 Å². The summed E-state index contributed by atoms with van der Waals surface area (Å²) < 4.78 is 7.28. The number of urea groups is 1. The van der Waals surface area contributed by atoms with E-state index in [0.29, 0.717) is 25.3 Å². The third-order valence-corrected chi connectivity index (χ3v) is 6.14. The van der Waals surface area contributed by atoms with Crippen LogP contribution in [-0.2, 0) is 16.2 Å². The summed E-state index contributed by atoms with van der Waals surface area (Å²) in [7, 11) is 0. The Bertz CT molecular complexity index is 1320. The number of carbonyl (C=O) groups is 3. The van der Waals surface area contributed by atoms with Crippen molar-refractivity contribution in [2.45, 2.75) is 6.61 Å². The molecule has 1 fully saturated rings. The van der Waals surface area contributed by atoms with E-state index in [0.717, 1.165) is 10.5 Å². The first kappa shape index (κ1) is 24.0. The zero-order valence-corrected chi connectivity index (χ0v) is 21.1. The molecule has 7 nitrogen and oxygen atoms in total. The maximum atomic E-state index is 13.2. The molecule has 1 saturated heterocycles. The molecule has 3 aromatic carbocycles. The second-order valence-corrected chi connectivity index (χ2v) is 9.40. The standard InChI is InChI=1S/C24H15Br2ClN2O5/c25-15-9-14(21(20(26)11-15)34-12-13-1-3-16(27)4-2-13)10-19-22(31)28-24(33)29(23(19)32)17-5-7-18(30)8-6-17/h1-11,30H,12H2,(H,28,31,33)/b19-10+. The van der Waals surface area contributed by atoms with E-state index in [4.69, 9.17) is 16.3 Å². The lowest BCUT2D eigenvalue weighted by Crippen LogP contribution is -2.54. The van der Waals surface area contributed by atoms with Crippen LogP contribution in [0.25, 0.3) is 6.08 Å². The molecular formula is C24H15Br2ClN2O5. The number of hydrogen-bond acceptors (Lipinski definition) is 5. The lowest BCUT2D eigenvalue weighted by atomic mass is 10.1. The van der Waals surface area contributed by atoms with Crippen molar-refractivity contribution >= 4 is 73.1 Å². The Morgan fingerprint density at radius 1 is 1.00 bits per heavy atom. The van der Waals surface area contributed by atoms with Crippen molar-refractivity contribution in [2.24, 2.45) is 0 Å². The fourth-order valence-electron chi connectivity index (χ4n) is 3.23. The van der Waals surface area contributed by atoms with Crippen LogP contribution in [0, 0.1) is 0 Å². The van der Waals surface area contributed by atoms with Crippen molar-refractivity contribution in [2.75, 3.05) is 4.90 Å². The quantitative estimate of drug-likeness (QED) is 0.282. The molecule has 10 heteroatoms. The number of nitrogens with one attached hydrogen (secondary N) is 1. The molecule has 0 unspecified atom stereocenters. The van der Waals surface area contributed by atoms with Gasteiger partial charge in [0.05, 0.1) is 10.2 Å². The Balaban J connectivity index is 1.70. The number of nitrogens with zero attached hydrogens (tertiary/aromatic N) is 1. The molecule has 0 saturated carbocycles. The molecule has 4 amide bonds. The summed E-state index contributed by atoms with van der Waals surface area (Å²) in [5.74, 6) is -1.26. The van der Waals surface area contributed by atoms with E-state index in [9.17, 15) is 19.5 Å². The third kappa shape index (κ3) is 5.16. The number of barbiturate groups is 1. The Morgan fingerprint density at radius 2 is 1.68 bits per heavy atom. The van der Waals surface area contributed by atoms with Gasteiger partial charge in [-0.1, -0.05) is 39.7 Å². The molecule has 1 heterocycles. The highest BCUT2D eigenvalue weighted by molar-refractivity contribution is 9.11. The predicted molar refractivity (Wildman–Crippen MR) is 135 cm³/mol. The number of halogens is 3. The van der Waals surface area contributed by atoms with Crippen LogP contribution in [-0.4, -0.2) is 23.0 Å². The van der Waals surface area contributed by atoms with Crippen LogP contribution in [0.3, 0.4) is 0 Å². The summed E-state index contributed by atoms with van der Waals surface area (Å²) in [6.45, 7) is 0.214. The normalized spacial score (nSPS) is 15.0. The fourth-order valence-corrected chi connectivity index (χ4v) is 4.72. The van der Waals surface area contributed by atoms with Crippen LogP contribution in [0.5, 0.6) is 11.5 Å². The Labute approximate surface area is 216 Å². The van der Waals surface area contributed by atoms with E-state index in [1.165, 1.54) is 30.3 Å². The Kier molecular flexibility index (Phi) is 7.06. The number of benzene rings is 3. The molecule has 34 heavy (non-hydrogen) atoms. The van der Waals surface area contributed by atoms with E-state index < -0.39 is 17.8 Å². The number of hydrogen-bond donors (Lipinski definition) is 2. The minimum absolute atomic E-state index is 0.0260. The highest BCUT2D eigenvalue weighted by Crippen LogP contribution is 2.36. The summed E-state index contributed by atoms with van der Waals surface area (Å²) in [4.78, 5) is 39.0. The topological polar surface area (TPSA) is 95.9 Å². The number of phenols is 1. The average Bonchev–Trinajstić information content (AvgIpc) is 2.78. The monoisotopic (exact) mass is 604 g/mol. The first-order valence-corrected chi connectivity index (χ1v) is 11.8. The second kappa shape index (κ2) is 10.0. The molecule has 0 spiro atoms. The second-order valence-electron chi connectivity index (χ2n) is 7.20. The van der Waals surface area contributed by atoms with Gasteiger partial charge < -0.3 is 9.84 Å². The maximum Gasteiger partial charge on any atom is 0.335 e. The highest BCUT2D eigenvalue weighted by atomic mass is 79.9. The summed E-state index contributed by atoms with van der Waals surface area (Å²) >= 11 is 12.8. The average molecular weight is 607 g/mol. The first-order chi connectivity index (χ1) is 16.2. The number of amides is 4. The van der Waals surface area contributed by atoms with Gasteiger partial charge in [0.25, 0.3) is 11.8 Å². The van der Waals surface area contributed by atoms with Crippen molar-refractivity contribution in [1.82, 2.24) is 5.32 Å². The summed E-state index contributed by atoms with van der Waals surface area (Å²) in [5.41, 5.74) is 1.25. The van der Waals surface area contributed by atoms with Crippen molar-refractivity contribution in [3.05, 3.63) is 91.3 Å². The van der Waals surface area contributed by atoms with Crippen LogP contribution >= 0.6 is 43.5 Å². The molecule has 1 aliphatic rings. The van der Waals surface area contributed by atoms with Gasteiger partial charge in [0.15, 0.2) is 0 Å². The molecule has 172 valence electrons. The van der Waals surface area contributed by atoms with E-state index in [1.54, 1.807) is 24.3 Å². The van der Waals surface area contributed by atoms with Gasteiger partial charge in [0.1, 0.15) is 23.7 Å². The minimum atomic E-state index is -0.882. The smallest absolute Gasteiger partial charge is 0.335 e. The Morgan fingerprint density at radius 3 is 2.35 bits per heavy atom. The number of anilines is 1. The molecule has 0 atom stereocenters. The number of imide groups is 2. The maximum absolute atomic E-state index is 13.2. The van der Waals surface area contributed by atoms with Crippen LogP contribution in [0.15, 0.2) is 75.2 Å². The number of phenolic OH excluding ortho intramolecular Hbond substituents is 1. The predicted octanol–water partition coefficient (Wildman–Crippen LogP) is 5.82. The van der Waals surface area contributed by atoms with Crippen LogP contribution in [0.2, 0.25) is 5.02 Å². The summed E-state index contributed by atoms with van der Waals surface area (Å²) in [6.07, 6.45) is 1.37. The lowest BCUT2D eigenvalue weighted by molar-refractivity contribution is -0.122. The van der Waals surface area contributed by atoms with E-state index in [-0.39, 0.29) is 23.6 Å². The molecule has 0 aromatic heterocycles. The summed E-state index contributed by atoms with van der Waals surface area (Å²) in [5, 5.41) is 12.3. The number of carbonyl (C=O) groups excluding carboxylic acids is 3. The highest BCUT2D eigenvalue weighted by Gasteiger charge is 2.37. The van der Waals surface area contributed by atoms with Crippen molar-refractivity contribution in [3.8, 4) is 11.5 Å². The van der Waals surface area contributed by atoms with Gasteiger partial charge in [0.2, 0.25) is 0 Å². The van der Waals surface area contributed by atoms with Gasteiger partial charge >= 0.3 is 6.03 Å². The van der Waals surface area contributed by atoms with Gasteiger partial charge in [-0.15, -0.1) is 0 Å². The zero-order valence-electron chi connectivity index (χ0n) is 17.2.